The molecule has 2 amide bonds. The molecule has 5 unspecified atom stereocenters. The van der Waals surface area contributed by atoms with Gasteiger partial charge in [0.15, 0.2) is 0 Å². The zero-order valence-corrected chi connectivity index (χ0v) is 12.8. The van der Waals surface area contributed by atoms with E-state index in [1.807, 2.05) is 0 Å². The molecule has 0 spiro atoms. The number of carbonyl (C=O) groups is 2. The largest absolute Gasteiger partial charge is 0.480 e. The van der Waals surface area contributed by atoms with E-state index in [1.54, 1.807) is 4.90 Å². The number of carboxylic acids is 1. The summed E-state index contributed by atoms with van der Waals surface area (Å²) < 4.78 is 0. The van der Waals surface area contributed by atoms with Crippen LogP contribution < -0.4 is 5.32 Å². The average molecular weight is 294 g/mol. The van der Waals surface area contributed by atoms with Crippen molar-refractivity contribution in [2.24, 2.45) is 17.8 Å². The van der Waals surface area contributed by atoms with E-state index in [0.717, 1.165) is 38.5 Å². The van der Waals surface area contributed by atoms with Crippen LogP contribution in [0.4, 0.5) is 4.79 Å². The summed E-state index contributed by atoms with van der Waals surface area (Å²) in [4.78, 5) is 25.7. The number of carbonyl (C=O) groups excluding carboxylic acids is 1. The Kier molecular flexibility index (Phi) is 4.09. The molecule has 3 fully saturated rings. The Balaban J connectivity index is 1.67. The van der Waals surface area contributed by atoms with E-state index < -0.39 is 12.0 Å². The second-order valence-electron chi connectivity index (χ2n) is 7.11. The van der Waals surface area contributed by atoms with Crippen molar-refractivity contribution in [3.8, 4) is 0 Å². The van der Waals surface area contributed by atoms with Crippen LogP contribution in [0.15, 0.2) is 0 Å². The molecular weight excluding hydrogens is 268 g/mol. The summed E-state index contributed by atoms with van der Waals surface area (Å²) in [6, 6.07) is -0.562. The molecule has 2 saturated carbocycles. The van der Waals surface area contributed by atoms with Gasteiger partial charge in [0.25, 0.3) is 0 Å². The van der Waals surface area contributed by atoms with Gasteiger partial charge in [-0.25, -0.2) is 9.59 Å². The van der Waals surface area contributed by atoms with E-state index in [0.29, 0.717) is 18.4 Å². The van der Waals surface area contributed by atoms with E-state index in [9.17, 15) is 14.7 Å². The van der Waals surface area contributed by atoms with E-state index >= 15 is 0 Å². The Morgan fingerprint density at radius 2 is 1.86 bits per heavy atom. The van der Waals surface area contributed by atoms with Crippen molar-refractivity contribution in [3.63, 3.8) is 0 Å². The van der Waals surface area contributed by atoms with Gasteiger partial charge in [0.1, 0.15) is 6.04 Å². The zero-order valence-electron chi connectivity index (χ0n) is 12.8. The molecule has 5 nitrogen and oxygen atoms in total. The molecule has 5 atom stereocenters. The topological polar surface area (TPSA) is 69.6 Å². The number of carboxylic acid groups (broad SMARTS) is 1. The highest BCUT2D eigenvalue weighted by molar-refractivity contribution is 5.84. The molecule has 21 heavy (non-hydrogen) atoms. The number of hydrogen-bond acceptors (Lipinski definition) is 2. The molecule has 1 heterocycles. The van der Waals surface area contributed by atoms with E-state index in [4.69, 9.17) is 0 Å². The first-order chi connectivity index (χ1) is 10.1. The Labute approximate surface area is 126 Å². The fourth-order valence-corrected chi connectivity index (χ4v) is 4.60. The molecule has 2 aliphatic carbocycles. The highest BCUT2D eigenvalue weighted by Crippen LogP contribution is 2.42. The number of rotatable bonds is 2. The fourth-order valence-electron chi connectivity index (χ4n) is 4.60. The van der Waals surface area contributed by atoms with Crippen LogP contribution in [-0.4, -0.2) is 40.6 Å². The van der Waals surface area contributed by atoms with Crippen LogP contribution in [0.25, 0.3) is 0 Å². The quantitative estimate of drug-likeness (QED) is 0.822. The van der Waals surface area contributed by atoms with Gasteiger partial charge in [-0.15, -0.1) is 0 Å². The number of nitrogens with zero attached hydrogens (tertiary/aromatic N) is 1. The minimum Gasteiger partial charge on any atom is -0.480 e. The SMILES string of the molecule is CC1CCCCC1NC(=O)N1CC2CCCC2C1C(=O)O. The first kappa shape index (κ1) is 14.7. The molecule has 0 aromatic rings. The first-order valence-corrected chi connectivity index (χ1v) is 8.38. The Morgan fingerprint density at radius 1 is 1.10 bits per heavy atom. The van der Waals surface area contributed by atoms with Crippen LogP contribution >= 0.6 is 0 Å². The summed E-state index contributed by atoms with van der Waals surface area (Å²) in [5, 5.41) is 12.6. The second kappa shape index (κ2) is 5.85. The predicted molar refractivity (Wildman–Crippen MR) is 78.9 cm³/mol. The minimum atomic E-state index is -0.837. The summed E-state index contributed by atoms with van der Waals surface area (Å²) in [5.41, 5.74) is 0. The van der Waals surface area contributed by atoms with E-state index in [2.05, 4.69) is 12.2 Å². The standard InChI is InChI=1S/C16H26N2O3/c1-10-5-2-3-8-13(10)17-16(21)18-9-11-6-4-7-12(11)14(18)15(19)20/h10-14H,2-9H2,1H3,(H,17,21)(H,19,20). The Morgan fingerprint density at radius 3 is 2.57 bits per heavy atom. The number of hydrogen-bond donors (Lipinski definition) is 2. The zero-order chi connectivity index (χ0) is 15.0. The molecule has 2 N–H and O–H groups in total. The van der Waals surface area contributed by atoms with Gasteiger partial charge in [-0.1, -0.05) is 26.2 Å². The third kappa shape index (κ3) is 2.74. The van der Waals surface area contributed by atoms with Gasteiger partial charge in [-0.3, -0.25) is 0 Å². The van der Waals surface area contributed by atoms with Gasteiger partial charge < -0.3 is 15.3 Å². The van der Waals surface area contributed by atoms with E-state index in [-0.39, 0.29) is 18.0 Å². The van der Waals surface area contributed by atoms with Crippen molar-refractivity contribution in [1.29, 1.82) is 0 Å². The number of likely N-dealkylation sites (tertiary alicyclic amines) is 1. The van der Waals surface area contributed by atoms with Crippen LogP contribution in [-0.2, 0) is 4.79 Å². The van der Waals surface area contributed by atoms with Crippen molar-refractivity contribution in [2.45, 2.75) is 64.0 Å². The van der Waals surface area contributed by atoms with Crippen molar-refractivity contribution in [1.82, 2.24) is 10.2 Å². The maximum Gasteiger partial charge on any atom is 0.326 e. The summed E-state index contributed by atoms with van der Waals surface area (Å²) in [7, 11) is 0. The van der Waals surface area contributed by atoms with Crippen LogP contribution in [0.1, 0.15) is 51.9 Å². The lowest BCUT2D eigenvalue weighted by Gasteiger charge is -2.32. The van der Waals surface area contributed by atoms with Gasteiger partial charge in [0, 0.05) is 12.6 Å². The lowest BCUT2D eigenvalue weighted by molar-refractivity contribution is -0.142. The smallest absolute Gasteiger partial charge is 0.326 e. The highest BCUT2D eigenvalue weighted by atomic mass is 16.4. The summed E-state index contributed by atoms with van der Waals surface area (Å²) in [6.45, 7) is 2.80. The first-order valence-electron chi connectivity index (χ1n) is 8.38. The highest BCUT2D eigenvalue weighted by Gasteiger charge is 2.49. The minimum absolute atomic E-state index is 0.157. The van der Waals surface area contributed by atoms with Crippen molar-refractivity contribution in [2.75, 3.05) is 6.54 Å². The van der Waals surface area contributed by atoms with E-state index in [1.165, 1.54) is 6.42 Å². The van der Waals surface area contributed by atoms with Crippen molar-refractivity contribution in [3.05, 3.63) is 0 Å². The van der Waals surface area contributed by atoms with Gasteiger partial charge in [-0.05, 0) is 43.4 Å². The Hall–Kier alpha value is -1.26. The number of aliphatic carboxylic acids is 1. The van der Waals surface area contributed by atoms with Gasteiger partial charge in [0.05, 0.1) is 0 Å². The van der Waals surface area contributed by atoms with Gasteiger partial charge in [0.2, 0.25) is 0 Å². The summed E-state index contributed by atoms with van der Waals surface area (Å²) in [6.07, 6.45) is 7.68. The van der Waals surface area contributed by atoms with Crippen LogP contribution in [0.5, 0.6) is 0 Å². The van der Waals surface area contributed by atoms with Crippen molar-refractivity contribution >= 4 is 12.0 Å². The molecule has 0 aromatic heterocycles. The second-order valence-corrected chi connectivity index (χ2v) is 7.11. The van der Waals surface area contributed by atoms with Gasteiger partial charge in [-0.2, -0.15) is 0 Å². The third-order valence-electron chi connectivity index (χ3n) is 5.82. The molecule has 1 aliphatic heterocycles. The molecule has 1 saturated heterocycles. The molecular formula is C16H26N2O3. The lowest BCUT2D eigenvalue weighted by Crippen LogP contribution is -2.52. The molecule has 5 heteroatoms. The fraction of sp³-hybridized carbons (Fsp3) is 0.875. The normalized spacial score (nSPS) is 39.1. The molecule has 0 aromatic carbocycles. The van der Waals surface area contributed by atoms with Crippen molar-refractivity contribution < 1.29 is 14.7 Å². The monoisotopic (exact) mass is 294 g/mol. The van der Waals surface area contributed by atoms with Gasteiger partial charge >= 0.3 is 12.0 Å². The Bertz CT molecular complexity index is 426. The van der Waals surface area contributed by atoms with Crippen LogP contribution in [0.3, 0.4) is 0 Å². The van der Waals surface area contributed by atoms with Crippen LogP contribution in [0, 0.1) is 17.8 Å². The maximum absolute atomic E-state index is 12.6. The molecule has 118 valence electrons. The number of nitrogens with one attached hydrogen (secondary N) is 1. The number of urea groups is 1. The summed E-state index contributed by atoms with van der Waals surface area (Å²) >= 11 is 0. The third-order valence-corrected chi connectivity index (χ3v) is 5.82. The molecule has 3 aliphatic rings. The molecule has 0 radical (unpaired) electrons. The number of fused-ring (bicyclic) bond motifs is 1. The molecule has 0 bridgehead atoms. The summed E-state index contributed by atoms with van der Waals surface area (Å²) in [5.74, 6) is 0.210. The number of amides is 2. The molecule has 3 rings (SSSR count). The lowest BCUT2D eigenvalue weighted by atomic mass is 9.86. The predicted octanol–water partition coefficient (Wildman–Crippen LogP) is 2.46. The average Bonchev–Trinajstić information content (AvgIpc) is 3.00. The van der Waals surface area contributed by atoms with Crippen LogP contribution in [0.2, 0.25) is 0 Å². The maximum atomic E-state index is 12.6.